The normalized spacial score (nSPS) is 18.8. The van der Waals surface area contributed by atoms with Crippen LogP contribution in [0.25, 0.3) is 21.5 Å². The second kappa shape index (κ2) is 10.3. The quantitative estimate of drug-likeness (QED) is 0.158. The van der Waals surface area contributed by atoms with E-state index in [0.717, 1.165) is 32.6 Å². The Labute approximate surface area is 232 Å². The number of benzene rings is 4. The zero-order valence-corrected chi connectivity index (χ0v) is 22.7. The van der Waals surface area contributed by atoms with Crippen molar-refractivity contribution < 1.29 is 4.74 Å². The predicted octanol–water partition coefficient (Wildman–Crippen LogP) is 9.23. The maximum Gasteiger partial charge on any atom is 0.193 e. The van der Waals surface area contributed by atoms with Crippen molar-refractivity contribution in [2.45, 2.75) is 42.3 Å². The minimum atomic E-state index is -1.26. The Kier molecular flexibility index (Phi) is 6.94. The average molecular weight is 549 g/mol. The molecule has 2 heterocycles. The average Bonchev–Trinajstić information content (AvgIpc) is 3.54. The topological polar surface area (TPSA) is 14.2 Å². The zero-order valence-electron chi connectivity index (χ0n) is 20.4. The minimum absolute atomic E-state index is 0.00535. The number of ether oxygens (including phenoxy) is 1. The third kappa shape index (κ3) is 5.13. The lowest BCUT2D eigenvalue weighted by atomic mass is 9.73. The van der Waals surface area contributed by atoms with Crippen molar-refractivity contribution in [3.63, 3.8) is 0 Å². The Morgan fingerprint density at radius 3 is 2.38 bits per heavy atom. The Bertz CT molecular complexity index is 1520. The molecule has 1 aromatic heterocycles. The molecule has 0 amide bonds. The van der Waals surface area contributed by atoms with Gasteiger partial charge >= 0.3 is 0 Å². The van der Waals surface area contributed by atoms with Gasteiger partial charge in [-0.25, -0.2) is 0 Å². The molecule has 2 nitrogen and oxygen atoms in total. The van der Waals surface area contributed by atoms with Crippen LogP contribution in [-0.4, -0.2) is 8.36 Å². The number of rotatable bonds is 2. The van der Waals surface area contributed by atoms with Crippen molar-refractivity contribution in [3.8, 4) is 0 Å². The van der Waals surface area contributed by atoms with E-state index in [1.54, 1.807) is 0 Å². The first kappa shape index (κ1) is 24.8. The number of halogens is 3. The van der Waals surface area contributed by atoms with Crippen molar-refractivity contribution in [1.82, 2.24) is 4.57 Å². The van der Waals surface area contributed by atoms with Crippen molar-refractivity contribution in [2.24, 2.45) is 5.92 Å². The van der Waals surface area contributed by atoms with Crippen LogP contribution in [0.5, 0.6) is 0 Å². The highest BCUT2D eigenvalue weighted by molar-refractivity contribution is 6.67. The first-order chi connectivity index (χ1) is 18.0. The number of aromatic nitrogens is 1. The van der Waals surface area contributed by atoms with Crippen molar-refractivity contribution >= 4 is 56.3 Å². The lowest BCUT2D eigenvalue weighted by molar-refractivity contribution is 0.108. The fourth-order valence-corrected chi connectivity index (χ4v) is 6.37. The van der Waals surface area contributed by atoms with Crippen molar-refractivity contribution in [1.29, 1.82) is 0 Å². The maximum atomic E-state index is 6.42. The van der Waals surface area contributed by atoms with Gasteiger partial charge in [0.2, 0.25) is 0 Å². The van der Waals surface area contributed by atoms with Crippen LogP contribution in [0.2, 0.25) is 0 Å². The molecule has 2 aliphatic rings. The van der Waals surface area contributed by atoms with Gasteiger partial charge in [-0.3, -0.25) is 0 Å². The van der Waals surface area contributed by atoms with Gasteiger partial charge in [0, 0.05) is 17.8 Å². The smallest absolute Gasteiger partial charge is 0.193 e. The molecule has 0 N–H and O–H groups in total. The number of nitrogens with zero attached hydrogens (tertiary/aromatic N) is 1. The molecular formula is C32H28Cl3NO. The van der Waals surface area contributed by atoms with E-state index >= 15 is 0 Å². The van der Waals surface area contributed by atoms with E-state index in [1.165, 1.54) is 43.9 Å². The SMILES string of the molecule is ClC(Cl)(Cl)C1Cc2c(ccc3c2ccc2ccccc23)C(Cc2ccccc2)C1.c1cc2n(c1)COC2. The van der Waals surface area contributed by atoms with Gasteiger partial charge in [-0.05, 0) is 75.5 Å². The van der Waals surface area contributed by atoms with E-state index in [9.17, 15) is 0 Å². The molecule has 37 heavy (non-hydrogen) atoms. The van der Waals surface area contributed by atoms with Crippen molar-refractivity contribution in [2.75, 3.05) is 0 Å². The first-order valence-corrected chi connectivity index (χ1v) is 13.9. The van der Waals surface area contributed by atoms with Gasteiger partial charge in [0.25, 0.3) is 0 Å². The summed E-state index contributed by atoms with van der Waals surface area (Å²) in [6, 6.07) is 32.3. The van der Waals surface area contributed by atoms with Gasteiger partial charge in [-0.15, -0.1) is 0 Å². The largest absolute Gasteiger partial charge is 0.355 e. The summed E-state index contributed by atoms with van der Waals surface area (Å²) in [4.78, 5) is 0. The molecule has 2 atom stereocenters. The standard InChI is InChI=1S/C26H21Cl3.C6H7NO/c27-26(28,29)20-15-19(14-17-6-2-1-3-7-17)22-12-13-23-21-9-5-4-8-18(21)10-11-24(23)25(22)16-20;1-2-6-4-8-5-7(6)3-1/h1-13,19-20H,14-16H2;1-3H,4-5H2. The van der Waals surface area contributed by atoms with Crippen LogP contribution in [0, 0.1) is 5.92 Å². The second-order valence-corrected chi connectivity index (χ2v) is 12.4. The molecule has 0 bridgehead atoms. The van der Waals surface area contributed by atoms with E-state index in [2.05, 4.69) is 89.5 Å². The molecule has 5 aromatic rings. The summed E-state index contributed by atoms with van der Waals surface area (Å²) >= 11 is 19.3. The van der Waals surface area contributed by atoms with Gasteiger partial charge in [0.1, 0.15) is 6.73 Å². The minimum Gasteiger partial charge on any atom is -0.355 e. The highest BCUT2D eigenvalue weighted by Gasteiger charge is 2.39. The lowest BCUT2D eigenvalue weighted by Crippen LogP contribution is -2.29. The molecule has 7 rings (SSSR count). The molecule has 1 aliphatic heterocycles. The molecular weight excluding hydrogens is 521 g/mol. The Hall–Kier alpha value is -2.49. The van der Waals surface area contributed by atoms with Gasteiger partial charge in [-0.2, -0.15) is 0 Å². The van der Waals surface area contributed by atoms with Crippen molar-refractivity contribution in [3.05, 3.63) is 120 Å². The fourth-order valence-electron chi connectivity index (χ4n) is 5.87. The molecule has 0 spiro atoms. The second-order valence-electron chi connectivity index (χ2n) is 10.0. The van der Waals surface area contributed by atoms with Crippen LogP contribution in [0.15, 0.2) is 97.2 Å². The molecule has 188 valence electrons. The Morgan fingerprint density at radius 1 is 0.784 bits per heavy atom. The van der Waals surface area contributed by atoms with Crippen LogP contribution in [-0.2, 0) is 30.9 Å². The van der Waals surface area contributed by atoms with Gasteiger partial charge < -0.3 is 9.30 Å². The summed E-state index contributed by atoms with van der Waals surface area (Å²) in [5.41, 5.74) is 5.36. The number of hydrogen-bond donors (Lipinski definition) is 0. The van der Waals surface area contributed by atoms with Gasteiger partial charge in [0.05, 0.1) is 6.61 Å². The predicted molar refractivity (Wildman–Crippen MR) is 156 cm³/mol. The third-order valence-electron chi connectivity index (χ3n) is 7.72. The monoisotopic (exact) mass is 547 g/mol. The van der Waals surface area contributed by atoms with Crippen LogP contribution in [0.3, 0.4) is 0 Å². The first-order valence-electron chi connectivity index (χ1n) is 12.7. The molecule has 0 fully saturated rings. The molecule has 4 aromatic carbocycles. The number of alkyl halides is 3. The van der Waals surface area contributed by atoms with Crippen LogP contribution in [0.4, 0.5) is 0 Å². The molecule has 0 saturated carbocycles. The molecule has 1 aliphatic carbocycles. The third-order valence-corrected chi connectivity index (χ3v) is 8.65. The summed E-state index contributed by atoms with van der Waals surface area (Å²) in [5, 5.41) is 5.11. The van der Waals surface area contributed by atoms with E-state index in [0.29, 0.717) is 5.92 Å². The summed E-state index contributed by atoms with van der Waals surface area (Å²) in [5.74, 6) is 0.350. The molecule has 0 radical (unpaired) electrons. The van der Waals surface area contributed by atoms with Gasteiger partial charge in [0.15, 0.2) is 3.79 Å². The number of hydrogen-bond acceptors (Lipinski definition) is 1. The summed E-state index contributed by atoms with van der Waals surface area (Å²) in [6.07, 6.45) is 4.68. The van der Waals surface area contributed by atoms with E-state index in [4.69, 9.17) is 39.5 Å². The Balaban J connectivity index is 0.000000266. The van der Waals surface area contributed by atoms with E-state index in [-0.39, 0.29) is 5.92 Å². The summed E-state index contributed by atoms with van der Waals surface area (Å²) in [6.45, 7) is 1.52. The Morgan fingerprint density at radius 2 is 1.57 bits per heavy atom. The highest BCUT2D eigenvalue weighted by atomic mass is 35.6. The zero-order chi connectivity index (χ0) is 25.4. The molecule has 5 heteroatoms. The van der Waals surface area contributed by atoms with Crippen LogP contribution in [0.1, 0.15) is 34.7 Å². The molecule has 0 saturated heterocycles. The van der Waals surface area contributed by atoms with Gasteiger partial charge in [-0.1, -0.05) is 114 Å². The summed E-state index contributed by atoms with van der Waals surface area (Å²) < 4.78 is 5.96. The lowest BCUT2D eigenvalue weighted by Gasteiger charge is -2.36. The van der Waals surface area contributed by atoms with E-state index < -0.39 is 3.79 Å². The number of fused-ring (bicyclic) bond motifs is 6. The van der Waals surface area contributed by atoms with Crippen LogP contribution < -0.4 is 0 Å². The highest BCUT2D eigenvalue weighted by Crippen LogP contribution is 2.49. The maximum absolute atomic E-state index is 6.42. The summed E-state index contributed by atoms with van der Waals surface area (Å²) in [7, 11) is 0. The fraction of sp³-hybridized carbons (Fsp3) is 0.250. The van der Waals surface area contributed by atoms with E-state index in [1.807, 2.05) is 12.3 Å². The van der Waals surface area contributed by atoms with Crippen LogP contribution >= 0.6 is 34.8 Å². The molecule has 2 unspecified atom stereocenters.